The fraction of sp³-hybridized carbons (Fsp3) is 0.600. The van der Waals surface area contributed by atoms with Gasteiger partial charge in [-0.3, -0.25) is 0 Å². The van der Waals surface area contributed by atoms with Gasteiger partial charge < -0.3 is 10.7 Å². The van der Waals surface area contributed by atoms with Gasteiger partial charge in [0.25, 0.3) is 10.0 Å². The van der Waals surface area contributed by atoms with E-state index in [0.29, 0.717) is 17.2 Å². The molecule has 8 heteroatoms. The van der Waals surface area contributed by atoms with Crippen LogP contribution in [-0.4, -0.2) is 40.3 Å². The van der Waals surface area contributed by atoms with Gasteiger partial charge in [-0.05, 0) is 20.8 Å². The number of H-pyrrole nitrogens is 1. The molecule has 1 heterocycles. The highest BCUT2D eigenvalue weighted by Crippen LogP contribution is 2.16. The maximum atomic E-state index is 12.4. The average molecular weight is 290 g/mol. The Hall–Kier alpha value is -0.990. The lowest BCUT2D eigenvalue weighted by molar-refractivity contribution is 0.361. The summed E-state index contributed by atoms with van der Waals surface area (Å²) in [6.45, 7) is 5.59. The number of nitrogens with one attached hydrogen (secondary N) is 1. The number of imidazole rings is 1. The van der Waals surface area contributed by atoms with Gasteiger partial charge in [0.15, 0.2) is 5.03 Å². The molecule has 3 N–H and O–H groups in total. The first-order valence-corrected chi connectivity index (χ1v) is 7.41. The van der Waals surface area contributed by atoms with Gasteiger partial charge in [-0.15, -0.1) is 0 Å². The van der Waals surface area contributed by atoms with E-state index in [1.165, 1.54) is 10.5 Å². The molecule has 1 aromatic rings. The molecule has 0 unspecified atom stereocenters. The van der Waals surface area contributed by atoms with Crippen molar-refractivity contribution in [3.63, 3.8) is 0 Å². The van der Waals surface area contributed by atoms with Crippen molar-refractivity contribution in [3.8, 4) is 0 Å². The van der Waals surface area contributed by atoms with Gasteiger partial charge >= 0.3 is 0 Å². The molecule has 102 valence electrons. The zero-order valence-electron chi connectivity index (χ0n) is 10.7. The zero-order chi connectivity index (χ0) is 13.9. The minimum Gasteiger partial charge on any atom is -0.393 e. The Morgan fingerprint density at radius 2 is 2.22 bits per heavy atom. The second kappa shape index (κ2) is 5.77. The van der Waals surface area contributed by atoms with E-state index >= 15 is 0 Å². The van der Waals surface area contributed by atoms with Crippen molar-refractivity contribution in [2.45, 2.75) is 38.3 Å². The van der Waals surface area contributed by atoms with Gasteiger partial charge in [0.05, 0.1) is 11.2 Å². The predicted molar refractivity (Wildman–Crippen MR) is 73.8 cm³/mol. The van der Waals surface area contributed by atoms with E-state index in [9.17, 15) is 8.42 Å². The normalized spacial score (nSPS) is 12.3. The molecule has 0 aliphatic rings. The molecule has 18 heavy (non-hydrogen) atoms. The third-order valence-electron chi connectivity index (χ3n) is 2.42. The number of nitrogens with zero attached hydrogens (tertiary/aromatic N) is 2. The number of nitrogens with two attached hydrogens (primary N) is 1. The molecule has 0 amide bonds. The molecule has 0 aliphatic heterocycles. The molecule has 0 radical (unpaired) electrons. The Balaban J connectivity index is 3.01. The Morgan fingerprint density at radius 3 is 2.61 bits per heavy atom. The first kappa shape index (κ1) is 15.1. The van der Waals surface area contributed by atoms with Gasteiger partial charge in [0.2, 0.25) is 0 Å². The molecular weight excluding hydrogens is 272 g/mol. The third kappa shape index (κ3) is 3.50. The first-order chi connectivity index (χ1) is 8.25. The minimum atomic E-state index is -3.58. The van der Waals surface area contributed by atoms with Crippen LogP contribution < -0.4 is 5.73 Å². The van der Waals surface area contributed by atoms with Gasteiger partial charge in [0.1, 0.15) is 5.82 Å². The van der Waals surface area contributed by atoms with Crippen LogP contribution in [0.4, 0.5) is 0 Å². The van der Waals surface area contributed by atoms with Crippen molar-refractivity contribution < 1.29 is 8.42 Å². The summed E-state index contributed by atoms with van der Waals surface area (Å²) in [6, 6.07) is -0.173. The number of thiocarbonyl (C=S) groups is 1. The van der Waals surface area contributed by atoms with Gasteiger partial charge in [0, 0.05) is 19.0 Å². The van der Waals surface area contributed by atoms with E-state index in [-0.39, 0.29) is 17.6 Å². The van der Waals surface area contributed by atoms with Crippen LogP contribution in [-0.2, 0) is 10.0 Å². The summed E-state index contributed by atoms with van der Waals surface area (Å²) in [4.78, 5) is 6.94. The highest BCUT2D eigenvalue weighted by molar-refractivity contribution is 7.89. The topological polar surface area (TPSA) is 92.1 Å². The molecule has 0 bridgehead atoms. The fourth-order valence-corrected chi connectivity index (χ4v) is 3.23. The summed E-state index contributed by atoms with van der Waals surface area (Å²) in [7, 11) is -3.58. The van der Waals surface area contributed by atoms with Crippen molar-refractivity contribution in [2.75, 3.05) is 6.54 Å². The van der Waals surface area contributed by atoms with Gasteiger partial charge in [-0.25, -0.2) is 13.4 Å². The van der Waals surface area contributed by atoms with Crippen LogP contribution in [0, 0.1) is 6.92 Å². The van der Waals surface area contributed by atoms with Crippen LogP contribution in [0.15, 0.2) is 11.2 Å². The van der Waals surface area contributed by atoms with E-state index in [2.05, 4.69) is 9.97 Å². The average Bonchev–Trinajstić information content (AvgIpc) is 2.64. The Bertz CT molecular complexity index is 522. The van der Waals surface area contributed by atoms with E-state index < -0.39 is 10.0 Å². The number of hydrogen-bond donors (Lipinski definition) is 2. The number of hydrogen-bond acceptors (Lipinski definition) is 4. The summed E-state index contributed by atoms with van der Waals surface area (Å²) in [5.41, 5.74) is 5.42. The molecule has 0 atom stereocenters. The van der Waals surface area contributed by atoms with Crippen LogP contribution in [0.1, 0.15) is 26.1 Å². The maximum Gasteiger partial charge on any atom is 0.260 e. The summed E-state index contributed by atoms with van der Waals surface area (Å²) in [5.74, 6) is 0.562. The summed E-state index contributed by atoms with van der Waals surface area (Å²) in [6.07, 6.45) is 1.68. The molecule has 0 fully saturated rings. The lowest BCUT2D eigenvalue weighted by atomic mass is 10.3. The van der Waals surface area contributed by atoms with E-state index in [4.69, 9.17) is 18.0 Å². The molecule has 1 rings (SSSR count). The predicted octanol–water partition coefficient (Wildman–Crippen LogP) is 0.793. The van der Waals surface area contributed by atoms with Crippen molar-refractivity contribution in [1.82, 2.24) is 14.3 Å². The van der Waals surface area contributed by atoms with Crippen molar-refractivity contribution in [2.24, 2.45) is 5.73 Å². The lowest BCUT2D eigenvalue weighted by Gasteiger charge is -2.24. The lowest BCUT2D eigenvalue weighted by Crippen LogP contribution is -2.39. The SMILES string of the molecule is Cc1ncc(S(=O)(=O)N(CCC(N)=S)C(C)C)[nH]1. The van der Waals surface area contributed by atoms with Crippen LogP contribution in [0.3, 0.4) is 0 Å². The summed E-state index contributed by atoms with van der Waals surface area (Å²) >= 11 is 4.78. The van der Waals surface area contributed by atoms with Gasteiger partial charge in [-0.1, -0.05) is 12.2 Å². The zero-order valence-corrected chi connectivity index (χ0v) is 12.3. The molecule has 0 aliphatic carbocycles. The Morgan fingerprint density at radius 1 is 1.61 bits per heavy atom. The second-order valence-corrected chi connectivity index (χ2v) is 6.64. The van der Waals surface area contributed by atoms with Crippen LogP contribution in [0.5, 0.6) is 0 Å². The Labute approximate surface area is 113 Å². The quantitative estimate of drug-likeness (QED) is 0.756. The second-order valence-electron chi connectivity index (χ2n) is 4.26. The Kier molecular flexibility index (Phi) is 4.83. The minimum absolute atomic E-state index is 0.0941. The molecule has 0 aromatic carbocycles. The largest absolute Gasteiger partial charge is 0.393 e. The fourth-order valence-electron chi connectivity index (χ4n) is 1.53. The summed E-state index contributed by atoms with van der Waals surface area (Å²) < 4.78 is 26.1. The standard InChI is InChI=1S/C10H18N4O2S2/c1-7(2)14(5-4-9(11)17)18(15,16)10-6-12-8(3)13-10/h6-7H,4-5H2,1-3H3,(H2,11,17)(H,12,13). The van der Waals surface area contributed by atoms with E-state index in [0.717, 1.165) is 0 Å². The number of rotatable bonds is 6. The van der Waals surface area contributed by atoms with E-state index in [1.54, 1.807) is 20.8 Å². The molecular formula is C10H18N4O2S2. The van der Waals surface area contributed by atoms with Crippen molar-refractivity contribution in [3.05, 3.63) is 12.0 Å². The molecule has 0 saturated heterocycles. The summed E-state index contributed by atoms with van der Waals surface area (Å²) in [5, 5.41) is 0.0941. The van der Waals surface area contributed by atoms with Crippen LogP contribution >= 0.6 is 12.2 Å². The molecule has 6 nitrogen and oxygen atoms in total. The maximum absolute atomic E-state index is 12.4. The van der Waals surface area contributed by atoms with Crippen molar-refractivity contribution in [1.29, 1.82) is 0 Å². The van der Waals surface area contributed by atoms with Crippen molar-refractivity contribution >= 4 is 27.2 Å². The third-order valence-corrected chi connectivity index (χ3v) is 4.61. The number of aromatic amines is 1. The highest BCUT2D eigenvalue weighted by atomic mass is 32.2. The number of sulfonamides is 1. The number of aryl methyl sites for hydroxylation is 1. The molecule has 0 saturated carbocycles. The molecule has 1 aromatic heterocycles. The monoisotopic (exact) mass is 290 g/mol. The van der Waals surface area contributed by atoms with Gasteiger partial charge in [-0.2, -0.15) is 4.31 Å². The molecule has 0 spiro atoms. The van der Waals surface area contributed by atoms with Crippen LogP contribution in [0.2, 0.25) is 0 Å². The first-order valence-electron chi connectivity index (χ1n) is 5.57. The van der Waals surface area contributed by atoms with Crippen LogP contribution in [0.25, 0.3) is 0 Å². The smallest absolute Gasteiger partial charge is 0.260 e. The van der Waals surface area contributed by atoms with E-state index in [1.807, 2.05) is 0 Å². The highest BCUT2D eigenvalue weighted by Gasteiger charge is 2.28. The number of aromatic nitrogens is 2.